The van der Waals surface area contributed by atoms with Crippen molar-refractivity contribution in [2.75, 3.05) is 68.5 Å². The van der Waals surface area contributed by atoms with Gasteiger partial charge in [-0.25, -0.2) is 26.3 Å². The molecular weight excluding hydrogens is 962 g/mol. The first-order valence-electron chi connectivity index (χ1n) is 14.3. The number of halogens is 22. The Labute approximate surface area is 319 Å². The van der Waals surface area contributed by atoms with Gasteiger partial charge < -0.3 is 18.1 Å². The van der Waals surface area contributed by atoms with E-state index in [9.17, 15) is 113 Å². The van der Waals surface area contributed by atoms with Gasteiger partial charge in [-0.3, -0.25) is 8.42 Å². The number of rotatable bonds is 18. The third kappa shape index (κ3) is 14.6. The predicted octanol–water partition coefficient (Wildman–Crippen LogP) is 4.79. The summed E-state index contributed by atoms with van der Waals surface area (Å²) in [6.07, 6.45) is -15.2. The second kappa shape index (κ2) is 18.4. The van der Waals surface area contributed by atoms with Crippen LogP contribution in [0.15, 0.2) is 0 Å². The predicted molar refractivity (Wildman–Crippen MR) is 151 cm³/mol. The van der Waals surface area contributed by atoms with Gasteiger partial charge in [0.15, 0.2) is 0 Å². The lowest BCUT2D eigenvalue weighted by Gasteiger charge is -2.36. The lowest BCUT2D eigenvalue weighted by molar-refractivity contribution is -0.870. The second-order valence-electron chi connectivity index (χ2n) is 13.4. The minimum Gasteiger partial charge on any atom is -0.759 e. The molecule has 59 heavy (non-hydrogen) atoms. The molecule has 360 valence electrons. The average molecular weight is 995 g/mol. The second-order valence-corrected chi connectivity index (χ2v) is 17.8. The molecule has 0 radical (unpaired) electrons. The van der Waals surface area contributed by atoms with Crippen LogP contribution in [0.1, 0.15) is 12.8 Å². The first-order valence-corrected chi connectivity index (χ1v) is 18.6. The maximum atomic E-state index is 13.5. The van der Waals surface area contributed by atoms with Gasteiger partial charge in [0.05, 0.1) is 55.4 Å². The molecule has 2 N–H and O–H groups in total. The first kappa shape index (κ1) is 61.4. The minimum absolute atomic E-state index is 0.0901. The number of hydrogen-bond acceptors (Lipinski definition) is 8. The van der Waals surface area contributed by atoms with Crippen LogP contribution >= 0.6 is 0 Å². The molecule has 0 aliphatic carbocycles. The molecule has 37 heteroatoms. The lowest BCUT2D eigenvalue weighted by Crippen LogP contribution is -2.69. The molecule has 0 aromatic rings. The standard InChI is InChI=1S/2C11H16F11N2O2S.H2O4S/c2*1-24(2,3)6-4-5-23-27(25,26)11(21,22)9(16,17)7(12,13)8(14,15)10(18,19)20;1-5(2,3)4/h2*23H,4-6H2,1-3H3;(H2,1,2,3,4)/q2*+1;/p-2. The highest BCUT2D eigenvalue weighted by molar-refractivity contribution is 7.90. The molecule has 0 heterocycles. The summed E-state index contributed by atoms with van der Waals surface area (Å²) in [6.45, 7) is -1.78. The topological polar surface area (TPSA) is 173 Å². The van der Waals surface area contributed by atoms with Crippen LogP contribution in [0.25, 0.3) is 0 Å². The third-order valence-corrected chi connectivity index (χ3v) is 9.32. The van der Waals surface area contributed by atoms with Crippen LogP contribution in [0, 0.1) is 0 Å². The van der Waals surface area contributed by atoms with E-state index in [4.69, 9.17) is 17.5 Å². The zero-order valence-electron chi connectivity index (χ0n) is 29.9. The fourth-order valence-corrected chi connectivity index (χ4v) is 5.27. The normalized spacial score (nSPS) is 15.6. The van der Waals surface area contributed by atoms with Crippen LogP contribution in [0.2, 0.25) is 0 Å². The largest absolute Gasteiger partial charge is 0.759 e. The van der Waals surface area contributed by atoms with E-state index >= 15 is 0 Å². The van der Waals surface area contributed by atoms with Gasteiger partial charge in [0.25, 0.3) is 20.0 Å². The van der Waals surface area contributed by atoms with E-state index < -0.39 is 102 Å². The van der Waals surface area contributed by atoms with Crippen molar-refractivity contribution in [2.24, 2.45) is 0 Å². The third-order valence-electron chi connectivity index (χ3n) is 6.29. The van der Waals surface area contributed by atoms with E-state index in [1.165, 1.54) is 0 Å². The van der Waals surface area contributed by atoms with Crippen LogP contribution in [-0.2, 0) is 30.4 Å². The Hall–Kier alpha value is -1.93. The van der Waals surface area contributed by atoms with Crippen molar-refractivity contribution in [1.29, 1.82) is 0 Å². The molecule has 0 amide bonds. The molecule has 0 aliphatic heterocycles. The fraction of sp³-hybridized carbons (Fsp3) is 1.00. The zero-order chi connectivity index (χ0) is 49.2. The molecule has 12 nitrogen and oxygen atoms in total. The Kier molecular flexibility index (Phi) is 19.2. The van der Waals surface area contributed by atoms with Gasteiger partial charge in [0.2, 0.25) is 0 Å². The molecule has 0 atom stereocenters. The number of sulfonamides is 2. The van der Waals surface area contributed by atoms with Crippen molar-refractivity contribution < 1.29 is 140 Å². The van der Waals surface area contributed by atoms with Crippen molar-refractivity contribution in [3.8, 4) is 0 Å². The Morgan fingerprint density at radius 2 is 0.576 bits per heavy atom. The number of nitrogens with zero attached hydrogens (tertiary/aromatic N) is 2. The molecular formula is C22H32F22N4O8S3. The summed E-state index contributed by atoms with van der Waals surface area (Å²) in [5.41, 5.74) is 0. The summed E-state index contributed by atoms with van der Waals surface area (Å²) in [6, 6.07) is 0. The van der Waals surface area contributed by atoms with Gasteiger partial charge in [-0.2, -0.15) is 96.6 Å². The molecule has 0 unspecified atom stereocenters. The van der Waals surface area contributed by atoms with E-state index in [0.29, 0.717) is 0 Å². The Morgan fingerprint density at radius 1 is 0.390 bits per heavy atom. The van der Waals surface area contributed by atoms with Crippen molar-refractivity contribution >= 4 is 30.4 Å². The highest BCUT2D eigenvalue weighted by Crippen LogP contribution is 2.59. The van der Waals surface area contributed by atoms with Crippen molar-refractivity contribution in [3.63, 3.8) is 0 Å². The summed E-state index contributed by atoms with van der Waals surface area (Å²) in [5.74, 6) is -46.0. The number of hydrogen-bond donors (Lipinski definition) is 2. The maximum Gasteiger partial charge on any atom is 0.460 e. The minimum atomic E-state index is -7.77. The first-order chi connectivity index (χ1) is 24.9. The van der Waals surface area contributed by atoms with Gasteiger partial charge in [-0.05, 0) is 0 Å². The molecule has 0 aromatic carbocycles. The SMILES string of the molecule is C[N+](C)(C)CCCNS(=O)(=O)C(F)(F)C(F)(F)C(F)(F)C(F)(F)C(F)(F)F.C[N+](C)(C)CCCNS(=O)(=O)C(F)(F)C(F)(F)C(F)(F)C(F)(F)C(F)(F)F.O=S(=O)([O-])[O-]. The molecule has 0 bridgehead atoms. The smallest absolute Gasteiger partial charge is 0.460 e. The van der Waals surface area contributed by atoms with Crippen LogP contribution in [0.4, 0.5) is 96.6 Å². The zero-order valence-corrected chi connectivity index (χ0v) is 32.4. The van der Waals surface area contributed by atoms with Crippen molar-refractivity contribution in [1.82, 2.24) is 9.44 Å². The summed E-state index contributed by atoms with van der Waals surface area (Å²) in [5, 5.41) is -14.0. The summed E-state index contributed by atoms with van der Waals surface area (Å²) in [4.78, 5) is 0. The molecule has 0 fully saturated rings. The van der Waals surface area contributed by atoms with E-state index in [-0.39, 0.29) is 34.9 Å². The van der Waals surface area contributed by atoms with E-state index in [1.54, 1.807) is 42.3 Å². The molecule has 0 saturated carbocycles. The van der Waals surface area contributed by atoms with Crippen LogP contribution in [0.3, 0.4) is 0 Å². The number of alkyl halides is 22. The van der Waals surface area contributed by atoms with Crippen molar-refractivity contribution in [3.05, 3.63) is 0 Å². The fourth-order valence-electron chi connectivity index (χ4n) is 3.15. The molecule has 0 saturated heterocycles. The molecule has 0 spiro atoms. The Bertz CT molecular complexity index is 1590. The molecule has 0 aromatic heterocycles. The monoisotopic (exact) mass is 994 g/mol. The quantitative estimate of drug-likeness (QED) is 0.0650. The molecule has 0 rings (SSSR count). The van der Waals surface area contributed by atoms with Crippen LogP contribution in [0.5, 0.6) is 0 Å². The van der Waals surface area contributed by atoms with Gasteiger partial charge in [-0.15, -0.1) is 0 Å². The lowest BCUT2D eigenvalue weighted by atomic mass is 10.0. The van der Waals surface area contributed by atoms with Crippen LogP contribution < -0.4 is 9.44 Å². The van der Waals surface area contributed by atoms with Crippen molar-refractivity contribution in [2.45, 2.75) is 71.2 Å². The van der Waals surface area contributed by atoms with Crippen LogP contribution in [-0.4, -0.2) is 170 Å². The number of quaternary nitrogens is 2. The van der Waals surface area contributed by atoms with Gasteiger partial charge in [0.1, 0.15) is 0 Å². The summed E-state index contributed by atoms with van der Waals surface area (Å²) >= 11 is 0. The summed E-state index contributed by atoms with van der Waals surface area (Å²) < 4.78 is 362. The molecule has 0 aliphatic rings. The van der Waals surface area contributed by atoms with E-state index in [0.717, 1.165) is 9.44 Å². The van der Waals surface area contributed by atoms with E-state index in [1.807, 2.05) is 0 Å². The van der Waals surface area contributed by atoms with Gasteiger partial charge in [-0.1, -0.05) is 0 Å². The Balaban J connectivity index is -0.000000951. The van der Waals surface area contributed by atoms with E-state index in [2.05, 4.69) is 0 Å². The summed E-state index contributed by atoms with van der Waals surface area (Å²) in [7, 11) is -9.26. The number of nitrogens with one attached hydrogen (secondary N) is 2. The highest BCUT2D eigenvalue weighted by atomic mass is 32.3. The van der Waals surface area contributed by atoms with Gasteiger partial charge in [0, 0.05) is 36.3 Å². The van der Waals surface area contributed by atoms with Gasteiger partial charge >= 0.3 is 58.4 Å². The maximum absolute atomic E-state index is 13.5. The highest BCUT2D eigenvalue weighted by Gasteiger charge is 2.91. The average Bonchev–Trinajstić information content (AvgIpc) is 2.94. The Morgan fingerprint density at radius 3 is 0.729 bits per heavy atom.